The van der Waals surface area contributed by atoms with Gasteiger partial charge in [-0.05, 0) is 23.1 Å². The summed E-state index contributed by atoms with van der Waals surface area (Å²) in [5.74, 6) is 0.797. The molecule has 0 amide bonds. The van der Waals surface area contributed by atoms with E-state index in [2.05, 4.69) is 52.3 Å². The topological polar surface area (TPSA) is 49.0 Å². The first-order chi connectivity index (χ1) is 14.3. The van der Waals surface area contributed by atoms with E-state index >= 15 is 0 Å². The average molecular weight is 420 g/mol. The molecule has 0 saturated carbocycles. The summed E-state index contributed by atoms with van der Waals surface area (Å²) in [7, 11) is 0. The van der Waals surface area contributed by atoms with Crippen LogP contribution in [-0.4, -0.2) is 21.4 Å². The smallest absolute Gasteiger partial charge is 0.260 e. The number of benzene rings is 2. The number of thiophene rings is 1. The van der Waals surface area contributed by atoms with Gasteiger partial charge in [0.2, 0.25) is 0 Å². The van der Waals surface area contributed by atoms with Gasteiger partial charge in [-0.15, -0.1) is 11.3 Å². The second kappa shape index (κ2) is 8.14. The molecule has 3 heterocycles. The zero-order valence-corrected chi connectivity index (χ0v) is 17.6. The summed E-state index contributed by atoms with van der Waals surface area (Å²) >= 11 is 3.26. The molecule has 0 bridgehead atoms. The molecule has 1 aliphatic rings. The summed E-state index contributed by atoms with van der Waals surface area (Å²) < 4.78 is 0. The van der Waals surface area contributed by atoms with Crippen molar-refractivity contribution < 1.29 is 0 Å². The highest BCUT2D eigenvalue weighted by Crippen LogP contribution is 2.33. The fourth-order valence-corrected chi connectivity index (χ4v) is 5.94. The lowest BCUT2D eigenvalue weighted by atomic mass is 10.0. The summed E-state index contributed by atoms with van der Waals surface area (Å²) in [6.45, 7) is 2.80. The maximum atomic E-state index is 12.8. The van der Waals surface area contributed by atoms with Crippen LogP contribution in [0.4, 0.5) is 0 Å². The van der Waals surface area contributed by atoms with Crippen LogP contribution >= 0.6 is 23.1 Å². The third-order valence-corrected chi connectivity index (χ3v) is 7.29. The van der Waals surface area contributed by atoms with Crippen molar-refractivity contribution in [3.05, 3.63) is 92.6 Å². The zero-order valence-electron chi connectivity index (χ0n) is 15.9. The molecule has 5 rings (SSSR count). The summed E-state index contributed by atoms with van der Waals surface area (Å²) in [4.78, 5) is 25.2. The summed E-state index contributed by atoms with van der Waals surface area (Å²) in [6.07, 6.45) is 0.906. The zero-order chi connectivity index (χ0) is 19.6. The average Bonchev–Trinajstić information content (AvgIpc) is 3.12. The Hall–Kier alpha value is -2.41. The molecular weight excluding hydrogens is 398 g/mol. The molecule has 1 aliphatic heterocycles. The van der Waals surface area contributed by atoms with Crippen molar-refractivity contribution in [1.29, 1.82) is 0 Å². The predicted molar refractivity (Wildman–Crippen MR) is 121 cm³/mol. The number of thioether (sulfide) groups is 1. The molecule has 2 aromatic heterocycles. The van der Waals surface area contributed by atoms with Gasteiger partial charge in [-0.1, -0.05) is 72.4 Å². The van der Waals surface area contributed by atoms with E-state index in [0.29, 0.717) is 5.16 Å². The molecule has 0 saturated heterocycles. The predicted octanol–water partition coefficient (Wildman–Crippen LogP) is 4.84. The third-order valence-electron chi connectivity index (χ3n) is 5.24. The lowest BCUT2D eigenvalue weighted by Gasteiger charge is -2.26. The normalized spacial score (nSPS) is 14.2. The van der Waals surface area contributed by atoms with E-state index in [0.717, 1.165) is 42.0 Å². The Kier molecular flexibility index (Phi) is 5.23. The molecule has 4 nitrogen and oxygen atoms in total. The Labute approximate surface area is 177 Å². The first-order valence-electron chi connectivity index (χ1n) is 9.74. The van der Waals surface area contributed by atoms with Crippen LogP contribution in [0.5, 0.6) is 0 Å². The molecule has 1 N–H and O–H groups in total. The van der Waals surface area contributed by atoms with Gasteiger partial charge >= 0.3 is 0 Å². The molecule has 146 valence electrons. The highest BCUT2D eigenvalue weighted by atomic mass is 32.2. The SMILES string of the molecule is O=c1[nH]c(SCc2ccccc2)nc2sc3c(c12)CCN(Cc1ccccc1)C3. The van der Waals surface area contributed by atoms with Crippen molar-refractivity contribution in [3.63, 3.8) is 0 Å². The van der Waals surface area contributed by atoms with Crippen molar-refractivity contribution in [2.75, 3.05) is 6.54 Å². The minimum absolute atomic E-state index is 0.000397. The van der Waals surface area contributed by atoms with Crippen LogP contribution in [-0.2, 0) is 25.3 Å². The molecule has 0 atom stereocenters. The molecular formula is C23H21N3OS2. The van der Waals surface area contributed by atoms with Gasteiger partial charge in [-0.25, -0.2) is 4.98 Å². The molecule has 6 heteroatoms. The first-order valence-corrected chi connectivity index (χ1v) is 11.5. The van der Waals surface area contributed by atoms with Crippen LogP contribution in [0.3, 0.4) is 0 Å². The van der Waals surface area contributed by atoms with Crippen molar-refractivity contribution in [2.24, 2.45) is 0 Å². The number of nitrogens with zero attached hydrogens (tertiary/aromatic N) is 2. The number of hydrogen-bond acceptors (Lipinski definition) is 5. The van der Waals surface area contributed by atoms with Crippen LogP contribution in [0.2, 0.25) is 0 Å². The number of fused-ring (bicyclic) bond motifs is 3. The van der Waals surface area contributed by atoms with E-state index < -0.39 is 0 Å². The third kappa shape index (κ3) is 4.01. The van der Waals surface area contributed by atoms with Crippen LogP contribution in [0.1, 0.15) is 21.6 Å². The van der Waals surface area contributed by atoms with E-state index in [-0.39, 0.29) is 5.56 Å². The largest absolute Gasteiger partial charge is 0.301 e. The maximum Gasteiger partial charge on any atom is 0.260 e. The van der Waals surface area contributed by atoms with Crippen molar-refractivity contribution in [2.45, 2.75) is 30.4 Å². The molecule has 0 fully saturated rings. The van der Waals surface area contributed by atoms with Gasteiger partial charge in [0.05, 0.1) is 5.39 Å². The standard InChI is InChI=1S/C23H21N3OS2/c27-21-20-18-11-12-26(13-16-7-3-1-4-8-16)14-19(18)29-22(20)25-23(24-21)28-15-17-9-5-2-6-10-17/h1-10H,11-15H2,(H,24,25,27). The highest BCUT2D eigenvalue weighted by molar-refractivity contribution is 7.98. The second-order valence-corrected chi connectivity index (χ2v) is 9.32. The van der Waals surface area contributed by atoms with Crippen LogP contribution in [0, 0.1) is 0 Å². The molecule has 0 radical (unpaired) electrons. The van der Waals surface area contributed by atoms with Crippen LogP contribution < -0.4 is 5.56 Å². The van der Waals surface area contributed by atoms with E-state index in [1.807, 2.05) is 18.2 Å². The highest BCUT2D eigenvalue weighted by Gasteiger charge is 2.23. The molecule has 0 unspecified atom stereocenters. The number of rotatable bonds is 5. The van der Waals surface area contributed by atoms with Crippen LogP contribution in [0.25, 0.3) is 10.2 Å². The number of H-pyrrole nitrogens is 1. The van der Waals surface area contributed by atoms with E-state index in [1.165, 1.54) is 21.6 Å². The Morgan fingerprint density at radius 1 is 1.03 bits per heavy atom. The second-order valence-electron chi connectivity index (χ2n) is 7.28. The van der Waals surface area contributed by atoms with E-state index in [9.17, 15) is 4.79 Å². The Balaban J connectivity index is 1.37. The fourth-order valence-electron chi connectivity index (χ4n) is 3.81. The van der Waals surface area contributed by atoms with Crippen molar-refractivity contribution >= 4 is 33.3 Å². The van der Waals surface area contributed by atoms with Crippen molar-refractivity contribution in [1.82, 2.24) is 14.9 Å². The molecule has 0 spiro atoms. The number of hydrogen-bond donors (Lipinski definition) is 1. The summed E-state index contributed by atoms with van der Waals surface area (Å²) in [5.41, 5.74) is 3.75. The van der Waals surface area contributed by atoms with Gasteiger partial charge < -0.3 is 4.98 Å². The lowest BCUT2D eigenvalue weighted by Crippen LogP contribution is -2.29. The maximum absolute atomic E-state index is 12.8. The Morgan fingerprint density at radius 3 is 2.52 bits per heavy atom. The molecule has 29 heavy (non-hydrogen) atoms. The number of aromatic amines is 1. The quantitative estimate of drug-likeness (QED) is 0.372. The Morgan fingerprint density at radius 2 is 1.76 bits per heavy atom. The lowest BCUT2D eigenvalue weighted by molar-refractivity contribution is 0.249. The summed E-state index contributed by atoms with van der Waals surface area (Å²) in [5, 5.41) is 1.50. The monoisotopic (exact) mass is 419 g/mol. The minimum atomic E-state index is -0.000397. The van der Waals surface area contributed by atoms with Gasteiger partial charge in [-0.3, -0.25) is 9.69 Å². The molecule has 2 aromatic carbocycles. The molecule has 0 aliphatic carbocycles. The van der Waals surface area contributed by atoms with Crippen molar-refractivity contribution in [3.8, 4) is 0 Å². The van der Waals surface area contributed by atoms with Gasteiger partial charge in [0.1, 0.15) is 4.83 Å². The van der Waals surface area contributed by atoms with Gasteiger partial charge in [0.25, 0.3) is 5.56 Å². The fraction of sp³-hybridized carbons (Fsp3) is 0.217. The number of aromatic nitrogens is 2. The first kappa shape index (κ1) is 18.6. The summed E-state index contributed by atoms with van der Waals surface area (Å²) in [6, 6.07) is 20.8. The van der Waals surface area contributed by atoms with E-state index in [4.69, 9.17) is 4.98 Å². The number of nitrogens with one attached hydrogen (secondary N) is 1. The van der Waals surface area contributed by atoms with Gasteiger partial charge in [-0.2, -0.15) is 0 Å². The van der Waals surface area contributed by atoms with Crippen LogP contribution in [0.15, 0.2) is 70.6 Å². The van der Waals surface area contributed by atoms with E-state index in [1.54, 1.807) is 23.1 Å². The molecule has 4 aromatic rings. The Bertz CT molecular complexity index is 1190. The minimum Gasteiger partial charge on any atom is -0.301 e. The van der Waals surface area contributed by atoms with Gasteiger partial charge in [0, 0.05) is 30.3 Å². The van der Waals surface area contributed by atoms with Gasteiger partial charge in [0.15, 0.2) is 5.16 Å².